The standard InChI is InChI=1S/C25H32FN5O/c1-16-20(17(2)31(6)29-16)11-12-32-25-14-19(26)8-9-21(25)18-7-10-24(28-3)22(13-18)23(27)15-30(4)5/h7-10,13-14,27-28H,11-12,15H2,1-6H3. The van der Waals surface area contributed by atoms with Crippen LogP contribution in [0, 0.1) is 25.1 Å². The maximum absolute atomic E-state index is 14.1. The topological polar surface area (TPSA) is 66.2 Å². The fourth-order valence-electron chi connectivity index (χ4n) is 3.88. The Morgan fingerprint density at radius 1 is 1.19 bits per heavy atom. The molecule has 0 saturated carbocycles. The van der Waals surface area contributed by atoms with Gasteiger partial charge in [0.1, 0.15) is 11.6 Å². The maximum atomic E-state index is 14.1. The molecule has 32 heavy (non-hydrogen) atoms. The van der Waals surface area contributed by atoms with Gasteiger partial charge < -0.3 is 20.4 Å². The van der Waals surface area contributed by atoms with Crippen LogP contribution in [0.15, 0.2) is 36.4 Å². The lowest BCUT2D eigenvalue weighted by atomic mass is 9.98. The van der Waals surface area contributed by atoms with E-state index in [1.165, 1.54) is 12.1 Å². The van der Waals surface area contributed by atoms with Crippen molar-refractivity contribution >= 4 is 11.4 Å². The lowest BCUT2D eigenvalue weighted by Gasteiger charge is -2.17. The Morgan fingerprint density at radius 3 is 2.56 bits per heavy atom. The first-order chi connectivity index (χ1) is 15.2. The van der Waals surface area contributed by atoms with Gasteiger partial charge in [-0.1, -0.05) is 6.07 Å². The molecular weight excluding hydrogens is 405 g/mol. The number of likely N-dealkylation sites (N-methyl/N-ethyl adjacent to an activating group) is 1. The zero-order chi connectivity index (χ0) is 23.4. The zero-order valence-corrected chi connectivity index (χ0v) is 19.7. The predicted octanol–water partition coefficient (Wildman–Crippen LogP) is 4.44. The van der Waals surface area contributed by atoms with Gasteiger partial charge in [-0.05, 0) is 63.3 Å². The van der Waals surface area contributed by atoms with E-state index in [-0.39, 0.29) is 5.82 Å². The summed E-state index contributed by atoms with van der Waals surface area (Å²) in [4.78, 5) is 1.96. The zero-order valence-electron chi connectivity index (χ0n) is 19.7. The highest BCUT2D eigenvalue weighted by Gasteiger charge is 2.15. The Hall–Kier alpha value is -3.19. The Kier molecular flexibility index (Phi) is 7.30. The van der Waals surface area contributed by atoms with Crippen molar-refractivity contribution in [2.75, 3.05) is 39.6 Å². The van der Waals surface area contributed by atoms with E-state index in [4.69, 9.17) is 10.1 Å². The van der Waals surface area contributed by atoms with E-state index in [0.29, 0.717) is 31.0 Å². The quantitative estimate of drug-likeness (QED) is 0.486. The summed E-state index contributed by atoms with van der Waals surface area (Å²) in [6, 6.07) is 10.5. The second kappa shape index (κ2) is 9.96. The summed E-state index contributed by atoms with van der Waals surface area (Å²) in [6.07, 6.45) is 0.693. The molecule has 3 rings (SSSR count). The number of hydrogen-bond donors (Lipinski definition) is 2. The van der Waals surface area contributed by atoms with Gasteiger partial charge in [-0.3, -0.25) is 4.68 Å². The van der Waals surface area contributed by atoms with E-state index < -0.39 is 0 Å². The fraction of sp³-hybridized carbons (Fsp3) is 0.360. The smallest absolute Gasteiger partial charge is 0.130 e. The van der Waals surface area contributed by atoms with Crippen LogP contribution < -0.4 is 10.1 Å². The summed E-state index contributed by atoms with van der Waals surface area (Å²) in [5, 5.41) is 16.1. The largest absolute Gasteiger partial charge is 0.492 e. The Labute approximate surface area is 189 Å². The highest BCUT2D eigenvalue weighted by atomic mass is 19.1. The number of benzene rings is 2. The molecule has 1 aromatic heterocycles. The van der Waals surface area contributed by atoms with Gasteiger partial charge in [0.25, 0.3) is 0 Å². The molecule has 170 valence electrons. The van der Waals surface area contributed by atoms with Gasteiger partial charge in [-0.25, -0.2) is 4.39 Å². The van der Waals surface area contributed by atoms with Gasteiger partial charge in [-0.2, -0.15) is 5.10 Å². The van der Waals surface area contributed by atoms with Crippen molar-refractivity contribution in [1.29, 1.82) is 5.41 Å². The van der Waals surface area contributed by atoms with E-state index in [2.05, 4.69) is 10.4 Å². The van der Waals surface area contributed by atoms with Gasteiger partial charge >= 0.3 is 0 Å². The molecule has 0 aliphatic carbocycles. The van der Waals surface area contributed by atoms with Crippen molar-refractivity contribution in [3.63, 3.8) is 0 Å². The minimum Gasteiger partial charge on any atom is -0.492 e. The van der Waals surface area contributed by atoms with Crippen LogP contribution >= 0.6 is 0 Å². The van der Waals surface area contributed by atoms with Gasteiger partial charge in [0.2, 0.25) is 0 Å². The summed E-state index contributed by atoms with van der Waals surface area (Å²) in [5.74, 6) is 0.149. The molecular formula is C25H32FN5O. The maximum Gasteiger partial charge on any atom is 0.130 e. The molecule has 6 nitrogen and oxygen atoms in total. The third-order valence-electron chi connectivity index (χ3n) is 5.61. The molecule has 0 atom stereocenters. The number of ether oxygens (including phenoxy) is 1. The van der Waals surface area contributed by atoms with Crippen LogP contribution in [-0.4, -0.2) is 54.7 Å². The number of rotatable bonds is 9. The molecule has 3 aromatic rings. The normalized spacial score (nSPS) is 11.1. The number of nitrogens with one attached hydrogen (secondary N) is 2. The molecule has 0 bridgehead atoms. The molecule has 0 fully saturated rings. The molecule has 0 aliphatic heterocycles. The number of halogens is 1. The number of hydrogen-bond acceptors (Lipinski definition) is 5. The second-order valence-corrected chi connectivity index (χ2v) is 8.24. The van der Waals surface area contributed by atoms with Crippen LogP contribution in [0.3, 0.4) is 0 Å². The van der Waals surface area contributed by atoms with Crippen molar-refractivity contribution in [3.8, 4) is 16.9 Å². The first-order valence-corrected chi connectivity index (χ1v) is 10.7. The van der Waals surface area contributed by atoms with Crippen molar-refractivity contribution < 1.29 is 9.13 Å². The molecule has 2 aromatic carbocycles. The summed E-state index contributed by atoms with van der Waals surface area (Å²) < 4.78 is 22.0. The van der Waals surface area contributed by atoms with Crippen LogP contribution in [0.1, 0.15) is 22.5 Å². The summed E-state index contributed by atoms with van der Waals surface area (Å²) >= 11 is 0. The minimum atomic E-state index is -0.343. The van der Waals surface area contributed by atoms with Gasteiger partial charge in [0.05, 0.1) is 18.0 Å². The predicted molar refractivity (Wildman–Crippen MR) is 129 cm³/mol. The molecule has 0 aliphatic rings. The molecule has 0 amide bonds. The molecule has 0 spiro atoms. The van der Waals surface area contributed by atoms with Crippen LogP contribution in [0.5, 0.6) is 5.75 Å². The van der Waals surface area contributed by atoms with Crippen LogP contribution in [0.2, 0.25) is 0 Å². The molecule has 1 heterocycles. The van der Waals surface area contributed by atoms with E-state index in [1.807, 2.05) is 69.8 Å². The Bertz CT molecular complexity index is 1120. The van der Waals surface area contributed by atoms with Crippen molar-refractivity contribution in [1.82, 2.24) is 14.7 Å². The SMILES string of the molecule is CNc1ccc(-c2ccc(F)cc2OCCc2c(C)nn(C)c2C)cc1C(=N)CN(C)C. The molecule has 7 heteroatoms. The van der Waals surface area contributed by atoms with E-state index in [0.717, 1.165) is 39.3 Å². The third-order valence-corrected chi connectivity index (χ3v) is 5.61. The van der Waals surface area contributed by atoms with Crippen molar-refractivity contribution in [3.05, 3.63) is 64.7 Å². The van der Waals surface area contributed by atoms with Gasteiger partial charge in [0, 0.05) is 55.6 Å². The van der Waals surface area contributed by atoms with E-state index in [1.54, 1.807) is 6.07 Å². The van der Waals surface area contributed by atoms with Crippen LogP contribution in [0.4, 0.5) is 10.1 Å². The van der Waals surface area contributed by atoms with Crippen molar-refractivity contribution in [2.45, 2.75) is 20.3 Å². The molecule has 0 saturated heterocycles. The summed E-state index contributed by atoms with van der Waals surface area (Å²) in [7, 11) is 7.65. The Morgan fingerprint density at radius 2 is 1.94 bits per heavy atom. The third kappa shape index (κ3) is 5.16. The monoisotopic (exact) mass is 437 g/mol. The van der Waals surface area contributed by atoms with E-state index in [9.17, 15) is 4.39 Å². The number of anilines is 1. The first-order valence-electron chi connectivity index (χ1n) is 10.7. The fourth-order valence-corrected chi connectivity index (χ4v) is 3.88. The van der Waals surface area contributed by atoms with Crippen LogP contribution in [-0.2, 0) is 13.5 Å². The number of nitrogens with zero attached hydrogens (tertiary/aromatic N) is 3. The first kappa shape index (κ1) is 23.5. The number of aryl methyl sites for hydroxylation is 2. The lowest BCUT2D eigenvalue weighted by Crippen LogP contribution is -2.22. The van der Waals surface area contributed by atoms with Gasteiger partial charge in [-0.15, -0.1) is 0 Å². The van der Waals surface area contributed by atoms with Gasteiger partial charge in [0.15, 0.2) is 0 Å². The number of aromatic nitrogens is 2. The molecule has 2 N–H and O–H groups in total. The molecule has 0 unspecified atom stereocenters. The molecule has 0 radical (unpaired) electrons. The van der Waals surface area contributed by atoms with E-state index >= 15 is 0 Å². The lowest BCUT2D eigenvalue weighted by molar-refractivity contribution is 0.321. The highest BCUT2D eigenvalue weighted by Crippen LogP contribution is 2.33. The van der Waals surface area contributed by atoms with Crippen molar-refractivity contribution in [2.24, 2.45) is 7.05 Å². The average molecular weight is 438 g/mol. The second-order valence-electron chi connectivity index (χ2n) is 8.24. The highest BCUT2D eigenvalue weighted by molar-refractivity contribution is 6.05. The minimum absolute atomic E-state index is 0.343. The Balaban J connectivity index is 1.89. The van der Waals surface area contributed by atoms with Crippen LogP contribution in [0.25, 0.3) is 11.1 Å². The average Bonchev–Trinajstić information content (AvgIpc) is 2.99. The summed E-state index contributed by atoms with van der Waals surface area (Å²) in [5.41, 5.74) is 7.13. The summed E-state index contributed by atoms with van der Waals surface area (Å²) in [6.45, 7) is 4.97.